The first-order chi connectivity index (χ1) is 21.8. The second-order valence-corrected chi connectivity index (χ2v) is 11.7. The van der Waals surface area contributed by atoms with E-state index in [9.17, 15) is 0 Å². The average Bonchev–Trinajstić information content (AvgIpc) is 3.62. The van der Waals surface area contributed by atoms with Crippen LogP contribution in [0.15, 0.2) is 154 Å². The van der Waals surface area contributed by atoms with Gasteiger partial charge < -0.3 is 8.83 Å². The van der Waals surface area contributed by atoms with Gasteiger partial charge >= 0.3 is 0 Å². The maximum Gasteiger partial charge on any atom is 0.139 e. The lowest BCUT2D eigenvalue weighted by atomic mass is 9.85. The van der Waals surface area contributed by atoms with Crippen molar-refractivity contribution in [3.8, 4) is 22.3 Å². The maximum atomic E-state index is 6.37. The Kier molecular flexibility index (Phi) is 4.75. The third-order valence-electron chi connectivity index (χ3n) is 9.23. The van der Waals surface area contributed by atoms with E-state index in [0.29, 0.717) is 0 Å². The number of hydrogen-bond acceptors (Lipinski definition) is 2. The standard InChI is InChI=1S/C42H24O2/c1-2-10-26-21-27(18-17-25(26)9-1)41-30-12-3-5-14-32(30)42(33-15-6-4-13-31(33)41)28-19-20-38-34(22-28)36-23-35-29-11-7-8-16-37(29)43-39(35)24-40(36)44-38/h1-24H. The van der Waals surface area contributed by atoms with Gasteiger partial charge in [-0.25, -0.2) is 0 Å². The Hall–Kier alpha value is -5.86. The van der Waals surface area contributed by atoms with Crippen molar-refractivity contribution < 1.29 is 8.83 Å². The third-order valence-corrected chi connectivity index (χ3v) is 9.23. The highest BCUT2D eigenvalue weighted by molar-refractivity contribution is 6.23. The molecule has 0 bridgehead atoms. The quantitative estimate of drug-likeness (QED) is 0.197. The van der Waals surface area contributed by atoms with E-state index in [1.807, 2.05) is 18.2 Å². The van der Waals surface area contributed by atoms with Crippen molar-refractivity contribution in [3.63, 3.8) is 0 Å². The lowest BCUT2D eigenvalue weighted by molar-refractivity contribution is 0.656. The Morgan fingerprint density at radius 2 is 0.750 bits per heavy atom. The molecular weight excluding hydrogens is 536 g/mol. The number of hydrogen-bond donors (Lipinski definition) is 0. The van der Waals surface area contributed by atoms with Crippen LogP contribution < -0.4 is 0 Å². The van der Waals surface area contributed by atoms with Gasteiger partial charge in [0.2, 0.25) is 0 Å². The topological polar surface area (TPSA) is 26.3 Å². The molecule has 0 atom stereocenters. The van der Waals surface area contributed by atoms with E-state index in [4.69, 9.17) is 8.83 Å². The largest absolute Gasteiger partial charge is 0.456 e. The molecule has 0 N–H and O–H groups in total. The molecule has 8 aromatic carbocycles. The molecule has 2 aromatic heterocycles. The molecular formula is C42H24O2. The van der Waals surface area contributed by atoms with Crippen LogP contribution in [0.4, 0.5) is 0 Å². The lowest BCUT2D eigenvalue weighted by Crippen LogP contribution is -1.91. The van der Waals surface area contributed by atoms with Crippen molar-refractivity contribution in [1.82, 2.24) is 0 Å². The van der Waals surface area contributed by atoms with Crippen LogP contribution in [0.3, 0.4) is 0 Å². The monoisotopic (exact) mass is 560 g/mol. The zero-order valence-electron chi connectivity index (χ0n) is 23.7. The first-order valence-corrected chi connectivity index (χ1v) is 15.0. The van der Waals surface area contributed by atoms with Crippen LogP contribution in [0.25, 0.3) is 98.4 Å². The van der Waals surface area contributed by atoms with Crippen LogP contribution in [-0.2, 0) is 0 Å². The van der Waals surface area contributed by atoms with Crippen LogP contribution in [-0.4, -0.2) is 0 Å². The Bertz CT molecular complexity index is 2720. The minimum absolute atomic E-state index is 0.838. The predicted molar refractivity (Wildman–Crippen MR) is 184 cm³/mol. The Morgan fingerprint density at radius 3 is 1.43 bits per heavy atom. The van der Waals surface area contributed by atoms with Gasteiger partial charge in [-0.05, 0) is 84.9 Å². The van der Waals surface area contributed by atoms with E-state index in [-0.39, 0.29) is 0 Å². The molecule has 0 saturated heterocycles. The van der Waals surface area contributed by atoms with E-state index in [1.54, 1.807) is 0 Å². The molecule has 0 spiro atoms. The molecule has 204 valence electrons. The fourth-order valence-corrected chi connectivity index (χ4v) is 7.25. The maximum absolute atomic E-state index is 6.37. The molecule has 0 unspecified atom stereocenters. The predicted octanol–water partition coefficient (Wildman–Crippen LogP) is 12.3. The number of para-hydroxylation sites is 1. The zero-order valence-corrected chi connectivity index (χ0v) is 23.7. The fraction of sp³-hybridized carbons (Fsp3) is 0. The van der Waals surface area contributed by atoms with Gasteiger partial charge in [0.15, 0.2) is 0 Å². The molecule has 10 aromatic rings. The molecule has 0 radical (unpaired) electrons. The van der Waals surface area contributed by atoms with Crippen LogP contribution in [0.5, 0.6) is 0 Å². The zero-order chi connectivity index (χ0) is 28.8. The summed E-state index contributed by atoms with van der Waals surface area (Å²) in [5.74, 6) is 0. The average molecular weight is 561 g/mol. The van der Waals surface area contributed by atoms with Gasteiger partial charge in [0, 0.05) is 27.6 Å². The summed E-state index contributed by atoms with van der Waals surface area (Å²) in [6.45, 7) is 0. The van der Waals surface area contributed by atoms with Crippen LogP contribution >= 0.6 is 0 Å². The summed E-state index contributed by atoms with van der Waals surface area (Å²) in [5.41, 5.74) is 8.38. The Morgan fingerprint density at radius 1 is 0.273 bits per heavy atom. The molecule has 0 aliphatic carbocycles. The number of furan rings is 2. The van der Waals surface area contributed by atoms with E-state index >= 15 is 0 Å². The lowest BCUT2D eigenvalue weighted by Gasteiger charge is -2.18. The Balaban J connectivity index is 1.27. The smallest absolute Gasteiger partial charge is 0.139 e. The summed E-state index contributed by atoms with van der Waals surface area (Å²) in [4.78, 5) is 0. The molecule has 0 aliphatic rings. The van der Waals surface area contributed by atoms with Crippen molar-refractivity contribution in [1.29, 1.82) is 0 Å². The SMILES string of the molecule is c1ccc2cc(-c3c4ccccc4c(-c4ccc5oc6cc7oc8ccccc8c7cc6c5c4)c4ccccc34)ccc2c1. The van der Waals surface area contributed by atoms with E-state index in [2.05, 4.69) is 127 Å². The van der Waals surface area contributed by atoms with Gasteiger partial charge in [-0.2, -0.15) is 0 Å². The molecule has 44 heavy (non-hydrogen) atoms. The van der Waals surface area contributed by atoms with Crippen molar-refractivity contribution >= 4 is 76.2 Å². The van der Waals surface area contributed by atoms with E-state index in [1.165, 1.54) is 54.6 Å². The van der Waals surface area contributed by atoms with Crippen molar-refractivity contribution in [2.45, 2.75) is 0 Å². The van der Waals surface area contributed by atoms with Gasteiger partial charge in [-0.1, -0.05) is 109 Å². The minimum Gasteiger partial charge on any atom is -0.456 e. The number of benzene rings is 8. The second-order valence-electron chi connectivity index (χ2n) is 11.7. The molecule has 0 saturated carbocycles. The van der Waals surface area contributed by atoms with E-state index in [0.717, 1.165) is 43.9 Å². The second kappa shape index (κ2) is 8.82. The highest BCUT2D eigenvalue weighted by Gasteiger charge is 2.19. The van der Waals surface area contributed by atoms with Crippen molar-refractivity contribution in [3.05, 3.63) is 146 Å². The third kappa shape index (κ3) is 3.31. The summed E-state index contributed by atoms with van der Waals surface area (Å²) in [6, 6.07) is 52.2. The van der Waals surface area contributed by atoms with Gasteiger partial charge in [0.05, 0.1) is 0 Å². The molecule has 0 fully saturated rings. The molecule has 2 nitrogen and oxygen atoms in total. The van der Waals surface area contributed by atoms with Gasteiger partial charge in [-0.15, -0.1) is 0 Å². The van der Waals surface area contributed by atoms with Gasteiger partial charge in [0.1, 0.15) is 22.3 Å². The van der Waals surface area contributed by atoms with Crippen molar-refractivity contribution in [2.24, 2.45) is 0 Å². The van der Waals surface area contributed by atoms with Crippen molar-refractivity contribution in [2.75, 3.05) is 0 Å². The number of fused-ring (bicyclic) bond motifs is 9. The van der Waals surface area contributed by atoms with Gasteiger partial charge in [0.25, 0.3) is 0 Å². The van der Waals surface area contributed by atoms with Gasteiger partial charge in [-0.3, -0.25) is 0 Å². The summed E-state index contributed by atoms with van der Waals surface area (Å²) >= 11 is 0. The number of rotatable bonds is 2. The molecule has 2 heteroatoms. The highest BCUT2D eigenvalue weighted by atomic mass is 16.3. The normalized spacial score (nSPS) is 12.1. The minimum atomic E-state index is 0.838. The first-order valence-electron chi connectivity index (χ1n) is 15.0. The Labute approximate surface area is 252 Å². The summed E-state index contributed by atoms with van der Waals surface area (Å²) in [7, 11) is 0. The highest BCUT2D eigenvalue weighted by Crippen LogP contribution is 2.45. The summed E-state index contributed by atoms with van der Waals surface area (Å²) in [6.07, 6.45) is 0. The summed E-state index contributed by atoms with van der Waals surface area (Å²) in [5, 5.41) is 11.9. The molecule has 2 heterocycles. The fourth-order valence-electron chi connectivity index (χ4n) is 7.25. The summed E-state index contributed by atoms with van der Waals surface area (Å²) < 4.78 is 12.5. The van der Waals surface area contributed by atoms with E-state index < -0.39 is 0 Å². The van der Waals surface area contributed by atoms with Crippen LogP contribution in [0, 0.1) is 0 Å². The first kappa shape index (κ1) is 23.7. The molecule has 0 amide bonds. The van der Waals surface area contributed by atoms with Crippen LogP contribution in [0.1, 0.15) is 0 Å². The molecule has 10 rings (SSSR count). The van der Waals surface area contributed by atoms with Crippen LogP contribution in [0.2, 0.25) is 0 Å². The molecule has 0 aliphatic heterocycles.